The Hall–Kier alpha value is -3.29. The topological polar surface area (TPSA) is 9.23 Å². The maximum Gasteiger partial charge on any atom is 0.573 e. The number of ether oxygens (including phenoxy) is 1. The van der Waals surface area contributed by atoms with Crippen LogP contribution in [0.15, 0.2) is 48.5 Å². The van der Waals surface area contributed by atoms with Crippen molar-refractivity contribution in [2.24, 2.45) is 0 Å². The van der Waals surface area contributed by atoms with E-state index in [2.05, 4.69) is 4.74 Å². The molecular weight excluding hydrogens is 437 g/mol. The van der Waals surface area contributed by atoms with Gasteiger partial charge >= 0.3 is 6.36 Å². The molecule has 1 nitrogen and oxygen atoms in total. The summed E-state index contributed by atoms with van der Waals surface area (Å²) in [6.45, 7) is 1.90. The molecule has 4 rings (SSSR count). The first-order valence-corrected chi connectivity index (χ1v) is 9.67. The Morgan fingerprint density at radius 2 is 1.31 bits per heavy atom. The second-order valence-corrected chi connectivity index (χ2v) is 7.32. The molecule has 0 aromatic heterocycles. The lowest BCUT2D eigenvalue weighted by Gasteiger charge is -2.13. The molecule has 4 aromatic rings. The lowest BCUT2D eigenvalue weighted by Crippen LogP contribution is -2.19. The van der Waals surface area contributed by atoms with Crippen molar-refractivity contribution < 1.29 is 35.5 Å². The molecule has 166 valence electrons. The molecule has 0 unspecified atom stereocenters. The summed E-state index contributed by atoms with van der Waals surface area (Å²) >= 11 is 0. The molecule has 0 amide bonds. The normalized spacial score (nSPS) is 12.0. The second kappa shape index (κ2) is 8.00. The van der Waals surface area contributed by atoms with Gasteiger partial charge in [0.2, 0.25) is 5.75 Å². The molecule has 0 spiro atoms. The van der Waals surface area contributed by atoms with Crippen LogP contribution in [0.3, 0.4) is 0 Å². The van der Waals surface area contributed by atoms with E-state index in [1.54, 1.807) is 12.1 Å². The van der Waals surface area contributed by atoms with E-state index in [4.69, 9.17) is 0 Å². The van der Waals surface area contributed by atoms with Crippen LogP contribution in [0.1, 0.15) is 18.9 Å². The monoisotopic (exact) mass is 452 g/mol. The van der Waals surface area contributed by atoms with Gasteiger partial charge in [-0.15, -0.1) is 13.2 Å². The molecule has 0 N–H and O–H groups in total. The minimum Gasteiger partial charge on any atom is -0.399 e. The van der Waals surface area contributed by atoms with Gasteiger partial charge in [0, 0.05) is 10.8 Å². The second-order valence-electron chi connectivity index (χ2n) is 7.32. The zero-order valence-electron chi connectivity index (χ0n) is 16.6. The molecule has 8 heteroatoms. The minimum atomic E-state index is -5.26. The maximum absolute atomic E-state index is 14.9. The Kier molecular flexibility index (Phi) is 5.48. The fraction of sp³-hybridized carbons (Fsp3) is 0.167. The molecule has 0 aliphatic rings. The van der Waals surface area contributed by atoms with Crippen LogP contribution < -0.4 is 4.74 Å². The summed E-state index contributed by atoms with van der Waals surface area (Å²) in [5, 5.41) is 1.06. The Balaban J connectivity index is 1.85. The smallest absolute Gasteiger partial charge is 0.399 e. The van der Waals surface area contributed by atoms with Crippen molar-refractivity contribution in [1.82, 2.24) is 0 Å². The molecule has 0 atom stereocenters. The first kappa shape index (κ1) is 21.9. The van der Waals surface area contributed by atoms with Gasteiger partial charge in [-0.05, 0) is 58.1 Å². The highest BCUT2D eigenvalue weighted by Gasteiger charge is 2.34. The molecular formula is C24H15F7O. The molecule has 0 saturated carbocycles. The summed E-state index contributed by atoms with van der Waals surface area (Å²) in [4.78, 5) is 0. The minimum absolute atomic E-state index is 0.0778. The Labute approximate surface area is 178 Å². The predicted molar refractivity (Wildman–Crippen MR) is 107 cm³/mol. The summed E-state index contributed by atoms with van der Waals surface area (Å²) in [5.41, 5.74) is 0.526. The van der Waals surface area contributed by atoms with Gasteiger partial charge in [0.05, 0.1) is 0 Å². The Morgan fingerprint density at radius 3 is 1.94 bits per heavy atom. The molecule has 0 saturated heterocycles. The lowest BCUT2D eigenvalue weighted by atomic mass is 9.95. The van der Waals surface area contributed by atoms with E-state index >= 15 is 0 Å². The summed E-state index contributed by atoms with van der Waals surface area (Å²) in [6.07, 6.45) is -4.03. The molecule has 4 aromatic carbocycles. The summed E-state index contributed by atoms with van der Waals surface area (Å²) in [6, 6.07) is 9.94. The van der Waals surface area contributed by atoms with Crippen LogP contribution in [0, 0.1) is 23.3 Å². The van der Waals surface area contributed by atoms with Crippen molar-refractivity contribution >= 4 is 21.5 Å². The Morgan fingerprint density at radius 1 is 0.688 bits per heavy atom. The molecule has 0 heterocycles. The van der Waals surface area contributed by atoms with Gasteiger partial charge in [-0.25, -0.2) is 17.6 Å². The van der Waals surface area contributed by atoms with Gasteiger partial charge in [-0.3, -0.25) is 0 Å². The van der Waals surface area contributed by atoms with Crippen LogP contribution in [-0.4, -0.2) is 6.36 Å². The third kappa shape index (κ3) is 3.97. The predicted octanol–water partition coefficient (Wildman–Crippen LogP) is 8.07. The molecule has 0 bridgehead atoms. The standard InChI is InChI=1S/C24H15F7O/c1-2-3-12-4-6-16-15-7-5-13(8-17(15)19(25)11-18(16)22(12)28)14-9-20(26)23(21(27)10-14)32-24(29,30)31/h4-11H,2-3H2,1H3. The number of fused-ring (bicyclic) bond motifs is 3. The number of aryl methyl sites for hydroxylation is 1. The van der Waals surface area contributed by atoms with Gasteiger partial charge in [0.15, 0.2) is 11.6 Å². The quantitative estimate of drug-likeness (QED) is 0.225. The van der Waals surface area contributed by atoms with Crippen molar-refractivity contribution in [3.63, 3.8) is 0 Å². The highest BCUT2D eigenvalue weighted by molar-refractivity contribution is 6.09. The van der Waals surface area contributed by atoms with E-state index in [-0.39, 0.29) is 21.9 Å². The fourth-order valence-electron chi connectivity index (χ4n) is 3.78. The van der Waals surface area contributed by atoms with Crippen LogP contribution in [0.25, 0.3) is 32.7 Å². The van der Waals surface area contributed by atoms with Gasteiger partial charge < -0.3 is 4.74 Å². The highest BCUT2D eigenvalue weighted by Crippen LogP contribution is 2.36. The largest absolute Gasteiger partial charge is 0.573 e. The van der Waals surface area contributed by atoms with Crippen LogP contribution in [0.5, 0.6) is 5.75 Å². The fourth-order valence-corrected chi connectivity index (χ4v) is 3.78. The van der Waals surface area contributed by atoms with E-state index in [0.29, 0.717) is 34.9 Å². The number of halogens is 7. The van der Waals surface area contributed by atoms with Crippen molar-refractivity contribution in [3.8, 4) is 16.9 Å². The van der Waals surface area contributed by atoms with Crippen LogP contribution >= 0.6 is 0 Å². The zero-order chi connectivity index (χ0) is 23.2. The third-order valence-electron chi connectivity index (χ3n) is 5.17. The first-order chi connectivity index (χ1) is 15.1. The number of benzene rings is 4. The van der Waals surface area contributed by atoms with E-state index in [1.807, 2.05) is 6.92 Å². The Bertz CT molecular complexity index is 1320. The molecule has 0 aliphatic heterocycles. The lowest BCUT2D eigenvalue weighted by molar-refractivity contribution is -0.276. The van der Waals surface area contributed by atoms with Crippen molar-refractivity contribution in [2.75, 3.05) is 0 Å². The molecule has 32 heavy (non-hydrogen) atoms. The number of hydrogen-bond acceptors (Lipinski definition) is 1. The highest BCUT2D eigenvalue weighted by atomic mass is 19.4. The van der Waals surface area contributed by atoms with E-state index in [9.17, 15) is 30.7 Å². The molecule has 0 radical (unpaired) electrons. The van der Waals surface area contributed by atoms with Crippen LogP contribution in [0.4, 0.5) is 30.7 Å². The van der Waals surface area contributed by atoms with Crippen molar-refractivity contribution in [2.45, 2.75) is 26.1 Å². The summed E-state index contributed by atoms with van der Waals surface area (Å²) in [5.74, 6) is -5.92. The molecule has 0 aliphatic carbocycles. The van der Waals surface area contributed by atoms with Gasteiger partial charge in [-0.2, -0.15) is 0 Å². The van der Waals surface area contributed by atoms with E-state index < -0.39 is 35.4 Å². The zero-order valence-corrected chi connectivity index (χ0v) is 16.6. The third-order valence-corrected chi connectivity index (χ3v) is 5.17. The first-order valence-electron chi connectivity index (χ1n) is 9.67. The maximum atomic E-state index is 14.9. The number of alkyl halides is 3. The van der Waals surface area contributed by atoms with Crippen LogP contribution in [0.2, 0.25) is 0 Å². The van der Waals surface area contributed by atoms with E-state index in [0.717, 1.165) is 12.5 Å². The van der Waals surface area contributed by atoms with Gasteiger partial charge in [0.25, 0.3) is 0 Å². The van der Waals surface area contributed by atoms with Crippen molar-refractivity contribution in [1.29, 1.82) is 0 Å². The average molecular weight is 452 g/mol. The van der Waals surface area contributed by atoms with Crippen LogP contribution in [-0.2, 0) is 6.42 Å². The van der Waals surface area contributed by atoms with Crippen molar-refractivity contribution in [3.05, 3.63) is 77.4 Å². The SMILES string of the molecule is CCCc1ccc2c(cc(F)c3cc(-c4cc(F)c(OC(F)(F)F)c(F)c4)ccc32)c1F. The number of hydrogen-bond donors (Lipinski definition) is 0. The summed E-state index contributed by atoms with van der Waals surface area (Å²) < 4.78 is 98.3. The summed E-state index contributed by atoms with van der Waals surface area (Å²) in [7, 11) is 0. The van der Waals surface area contributed by atoms with Gasteiger partial charge in [0.1, 0.15) is 11.6 Å². The molecule has 0 fully saturated rings. The van der Waals surface area contributed by atoms with E-state index in [1.165, 1.54) is 18.2 Å². The average Bonchev–Trinajstić information content (AvgIpc) is 2.72. The number of rotatable bonds is 4. The van der Waals surface area contributed by atoms with Gasteiger partial charge in [-0.1, -0.05) is 37.6 Å².